The van der Waals surface area contributed by atoms with Crippen molar-refractivity contribution < 1.29 is 18.7 Å². The van der Waals surface area contributed by atoms with Gasteiger partial charge in [-0.1, -0.05) is 11.6 Å². The van der Waals surface area contributed by atoms with Crippen molar-refractivity contribution >= 4 is 28.5 Å². The molecule has 6 heteroatoms. The van der Waals surface area contributed by atoms with E-state index in [-0.39, 0.29) is 17.6 Å². The van der Waals surface area contributed by atoms with Crippen molar-refractivity contribution in [2.24, 2.45) is 0 Å². The van der Waals surface area contributed by atoms with Crippen LogP contribution in [0.5, 0.6) is 0 Å². The van der Waals surface area contributed by atoms with Crippen LogP contribution in [0.1, 0.15) is 30.3 Å². The summed E-state index contributed by atoms with van der Waals surface area (Å²) in [6.45, 7) is 4.38. The molecule has 2 saturated heterocycles. The van der Waals surface area contributed by atoms with Crippen molar-refractivity contribution in [3.05, 3.63) is 35.0 Å². The van der Waals surface area contributed by atoms with Crippen molar-refractivity contribution in [1.82, 2.24) is 4.90 Å². The number of ether oxygens (including phenoxy) is 2. The monoisotopic (exact) mass is 349 g/mol. The summed E-state index contributed by atoms with van der Waals surface area (Å²) < 4.78 is 17.5. The Morgan fingerprint density at radius 1 is 1.38 bits per heavy atom. The Labute approximate surface area is 145 Å². The Morgan fingerprint density at radius 2 is 2.25 bits per heavy atom. The molecule has 0 saturated carbocycles. The van der Waals surface area contributed by atoms with Gasteiger partial charge in [-0.3, -0.25) is 4.79 Å². The van der Waals surface area contributed by atoms with Crippen LogP contribution in [0.4, 0.5) is 0 Å². The molecule has 1 aromatic heterocycles. The number of morpholine rings is 1. The second-order valence-corrected chi connectivity index (χ2v) is 7.18. The summed E-state index contributed by atoms with van der Waals surface area (Å²) in [4.78, 5) is 14.8. The van der Waals surface area contributed by atoms with Gasteiger partial charge in [0.1, 0.15) is 11.2 Å². The summed E-state index contributed by atoms with van der Waals surface area (Å²) in [5.41, 5.74) is 0.278. The Morgan fingerprint density at radius 3 is 3.04 bits per heavy atom. The number of carbonyl (C=O) groups is 1. The summed E-state index contributed by atoms with van der Waals surface area (Å²) in [6, 6.07) is 7.10. The molecular formula is C18H20ClNO4. The number of nitrogens with zero attached hydrogens (tertiary/aromatic N) is 1. The number of benzene rings is 1. The van der Waals surface area contributed by atoms with E-state index >= 15 is 0 Å². The second-order valence-electron chi connectivity index (χ2n) is 6.75. The SMILES string of the molecule is C[C@H]1CN(C(=O)c2cc3cc(Cl)ccc3o2)C[C@]2(CCCOC2)O1. The van der Waals surface area contributed by atoms with Gasteiger partial charge in [-0.05, 0) is 44.0 Å². The van der Waals surface area contributed by atoms with Gasteiger partial charge in [-0.2, -0.15) is 0 Å². The van der Waals surface area contributed by atoms with Gasteiger partial charge in [0.2, 0.25) is 0 Å². The third-order valence-corrected chi connectivity index (χ3v) is 4.91. The maximum Gasteiger partial charge on any atom is 0.289 e. The minimum atomic E-state index is -0.388. The molecule has 5 nitrogen and oxygen atoms in total. The standard InChI is InChI=1S/C18H20ClNO4/c1-12-9-20(10-18(24-12)5-2-6-22-11-18)17(21)16-8-13-7-14(19)3-4-15(13)23-16/h3-4,7-8,12H,2,5-6,9-11H2,1H3/t12-,18-/m0/s1. The molecule has 2 aromatic rings. The summed E-state index contributed by atoms with van der Waals surface area (Å²) in [5, 5.41) is 1.46. The number of hydrogen-bond donors (Lipinski definition) is 0. The van der Waals surface area contributed by atoms with Crippen molar-refractivity contribution in [3.8, 4) is 0 Å². The molecule has 1 aromatic carbocycles. The summed E-state index contributed by atoms with van der Waals surface area (Å²) >= 11 is 6.01. The Balaban J connectivity index is 1.59. The lowest BCUT2D eigenvalue weighted by molar-refractivity contribution is -0.188. The highest BCUT2D eigenvalue weighted by Gasteiger charge is 2.43. The molecule has 3 heterocycles. The predicted octanol–water partition coefficient (Wildman–Crippen LogP) is 3.50. The van der Waals surface area contributed by atoms with Crippen LogP contribution in [0.3, 0.4) is 0 Å². The first-order valence-electron chi connectivity index (χ1n) is 8.29. The molecule has 1 amide bonds. The molecule has 4 rings (SSSR count). The molecule has 0 N–H and O–H groups in total. The van der Waals surface area contributed by atoms with Crippen LogP contribution in [-0.2, 0) is 9.47 Å². The van der Waals surface area contributed by atoms with Gasteiger partial charge in [0.15, 0.2) is 5.76 Å². The van der Waals surface area contributed by atoms with Gasteiger partial charge < -0.3 is 18.8 Å². The van der Waals surface area contributed by atoms with E-state index in [2.05, 4.69) is 0 Å². The van der Waals surface area contributed by atoms with E-state index in [9.17, 15) is 4.79 Å². The van der Waals surface area contributed by atoms with Gasteiger partial charge >= 0.3 is 0 Å². The molecule has 0 unspecified atom stereocenters. The van der Waals surface area contributed by atoms with Gasteiger partial charge in [0, 0.05) is 23.6 Å². The number of rotatable bonds is 1. The molecule has 0 radical (unpaired) electrons. The molecule has 0 bridgehead atoms. The first-order chi connectivity index (χ1) is 11.5. The average molecular weight is 350 g/mol. The van der Waals surface area contributed by atoms with Crippen LogP contribution in [0.25, 0.3) is 11.0 Å². The highest BCUT2D eigenvalue weighted by Crippen LogP contribution is 2.31. The summed E-state index contributed by atoms with van der Waals surface area (Å²) in [6.07, 6.45) is 1.84. The average Bonchev–Trinajstić information content (AvgIpc) is 2.97. The van der Waals surface area contributed by atoms with Gasteiger partial charge in [-0.25, -0.2) is 0 Å². The summed E-state index contributed by atoms with van der Waals surface area (Å²) in [7, 11) is 0. The van der Waals surface area contributed by atoms with E-state index in [0.29, 0.717) is 36.1 Å². The Hall–Kier alpha value is -1.56. The van der Waals surface area contributed by atoms with Gasteiger partial charge in [-0.15, -0.1) is 0 Å². The van der Waals surface area contributed by atoms with Crippen molar-refractivity contribution in [3.63, 3.8) is 0 Å². The van der Waals surface area contributed by atoms with Crippen molar-refractivity contribution in [2.75, 3.05) is 26.3 Å². The third kappa shape index (κ3) is 2.92. The predicted molar refractivity (Wildman–Crippen MR) is 90.5 cm³/mol. The molecule has 128 valence electrons. The van der Waals surface area contributed by atoms with Crippen LogP contribution >= 0.6 is 11.6 Å². The Kier molecular flexibility index (Phi) is 4.03. The van der Waals surface area contributed by atoms with Crippen LogP contribution < -0.4 is 0 Å². The smallest absolute Gasteiger partial charge is 0.289 e. The highest BCUT2D eigenvalue weighted by molar-refractivity contribution is 6.31. The lowest BCUT2D eigenvalue weighted by Gasteiger charge is -2.46. The quantitative estimate of drug-likeness (QED) is 0.790. The number of fused-ring (bicyclic) bond motifs is 1. The molecule has 24 heavy (non-hydrogen) atoms. The van der Waals surface area contributed by atoms with E-state index in [1.807, 2.05) is 11.8 Å². The van der Waals surface area contributed by atoms with E-state index in [4.69, 9.17) is 25.5 Å². The molecule has 2 fully saturated rings. The van der Waals surface area contributed by atoms with Crippen molar-refractivity contribution in [2.45, 2.75) is 31.5 Å². The zero-order valence-corrected chi connectivity index (χ0v) is 14.3. The molecule has 0 aliphatic carbocycles. The van der Waals surface area contributed by atoms with E-state index in [1.54, 1.807) is 24.3 Å². The number of halogens is 1. The van der Waals surface area contributed by atoms with Gasteiger partial charge in [0.05, 0.1) is 19.3 Å². The van der Waals surface area contributed by atoms with Crippen LogP contribution in [0, 0.1) is 0 Å². The number of hydrogen-bond acceptors (Lipinski definition) is 4. The first kappa shape index (κ1) is 15.9. The number of carbonyl (C=O) groups excluding carboxylic acids is 1. The van der Waals surface area contributed by atoms with Crippen LogP contribution in [0.15, 0.2) is 28.7 Å². The normalized spacial score (nSPS) is 27.8. The maximum absolute atomic E-state index is 12.9. The molecule has 2 atom stereocenters. The van der Waals surface area contributed by atoms with E-state index < -0.39 is 0 Å². The topological polar surface area (TPSA) is 51.9 Å². The van der Waals surface area contributed by atoms with E-state index in [0.717, 1.165) is 24.8 Å². The number of amides is 1. The molecule has 2 aliphatic rings. The second kappa shape index (κ2) is 6.06. The summed E-state index contributed by atoms with van der Waals surface area (Å²) in [5.74, 6) is 0.232. The highest BCUT2D eigenvalue weighted by atomic mass is 35.5. The zero-order valence-electron chi connectivity index (χ0n) is 13.6. The third-order valence-electron chi connectivity index (χ3n) is 4.67. The van der Waals surface area contributed by atoms with Gasteiger partial charge in [0.25, 0.3) is 5.91 Å². The molecule has 2 aliphatic heterocycles. The fourth-order valence-corrected chi connectivity index (χ4v) is 3.88. The fourth-order valence-electron chi connectivity index (χ4n) is 3.70. The first-order valence-corrected chi connectivity index (χ1v) is 8.66. The van der Waals surface area contributed by atoms with Crippen molar-refractivity contribution in [1.29, 1.82) is 0 Å². The minimum Gasteiger partial charge on any atom is -0.451 e. The largest absolute Gasteiger partial charge is 0.451 e. The van der Waals surface area contributed by atoms with E-state index in [1.165, 1.54) is 0 Å². The van der Waals surface area contributed by atoms with Crippen LogP contribution in [-0.4, -0.2) is 48.8 Å². The minimum absolute atomic E-state index is 0.0248. The fraction of sp³-hybridized carbons (Fsp3) is 0.500. The number of furan rings is 1. The molecule has 1 spiro atoms. The Bertz CT molecular complexity index is 765. The lowest BCUT2D eigenvalue weighted by atomic mass is 9.93. The zero-order chi connectivity index (χ0) is 16.7. The lowest BCUT2D eigenvalue weighted by Crippen LogP contribution is -2.59. The maximum atomic E-state index is 12.9. The van der Waals surface area contributed by atoms with Crippen LogP contribution in [0.2, 0.25) is 5.02 Å². The molecular weight excluding hydrogens is 330 g/mol.